The van der Waals surface area contributed by atoms with Crippen molar-refractivity contribution < 1.29 is 9.90 Å². The van der Waals surface area contributed by atoms with E-state index in [-0.39, 0.29) is 17.3 Å². The lowest BCUT2D eigenvalue weighted by Crippen LogP contribution is -2.31. The van der Waals surface area contributed by atoms with Crippen molar-refractivity contribution in [2.45, 2.75) is 31.1 Å². The third-order valence-electron chi connectivity index (χ3n) is 2.78. The van der Waals surface area contributed by atoms with E-state index < -0.39 is 0 Å². The number of hydrogen-bond acceptors (Lipinski definition) is 4. The second-order valence-corrected chi connectivity index (χ2v) is 6.44. The molecular formula is C12H17NO2S2. The van der Waals surface area contributed by atoms with Crippen LogP contribution in [0.15, 0.2) is 11.4 Å². The Balaban J connectivity index is 1.93. The number of aryl methyl sites for hydroxylation is 1. The minimum absolute atomic E-state index is 0.0565. The summed E-state index contributed by atoms with van der Waals surface area (Å²) in [5.74, 6) is 1.09. The van der Waals surface area contributed by atoms with Crippen LogP contribution in [0.3, 0.4) is 0 Å². The quantitative estimate of drug-likeness (QED) is 0.880. The van der Waals surface area contributed by atoms with E-state index >= 15 is 0 Å². The van der Waals surface area contributed by atoms with Crippen LogP contribution in [0.4, 0.5) is 0 Å². The van der Waals surface area contributed by atoms with Gasteiger partial charge < -0.3 is 10.4 Å². The van der Waals surface area contributed by atoms with Crippen molar-refractivity contribution in [3.63, 3.8) is 0 Å². The Hall–Kier alpha value is -0.520. The molecule has 2 rings (SSSR count). The molecule has 0 saturated carbocycles. The minimum atomic E-state index is -0.356. The van der Waals surface area contributed by atoms with E-state index in [1.807, 2.05) is 0 Å². The van der Waals surface area contributed by atoms with Gasteiger partial charge in [0.15, 0.2) is 0 Å². The topological polar surface area (TPSA) is 49.3 Å². The van der Waals surface area contributed by atoms with E-state index in [4.69, 9.17) is 5.11 Å². The number of aliphatic hydroxyl groups excluding tert-OH is 1. The summed E-state index contributed by atoms with van der Waals surface area (Å²) in [5.41, 5.74) is 1.18. The standard InChI is InChI=1S/C12H17NO2S2/c1-8(14)2-5-13-12(15)11-9-3-6-16-10(9)4-7-17-11/h3,6,8,11,14H,2,4-5,7H2,1H3,(H,13,15). The molecule has 2 N–H and O–H groups in total. The maximum atomic E-state index is 12.0. The van der Waals surface area contributed by atoms with Gasteiger partial charge in [-0.05, 0) is 42.5 Å². The molecule has 2 atom stereocenters. The SMILES string of the molecule is CC(O)CCNC(=O)C1SCCc2sccc21. The smallest absolute Gasteiger partial charge is 0.237 e. The summed E-state index contributed by atoms with van der Waals surface area (Å²) in [5, 5.41) is 14.1. The molecule has 0 saturated heterocycles. The van der Waals surface area contributed by atoms with Gasteiger partial charge in [-0.15, -0.1) is 23.1 Å². The number of hydrogen-bond donors (Lipinski definition) is 2. The number of aliphatic hydroxyl groups is 1. The maximum Gasteiger partial charge on any atom is 0.237 e. The second kappa shape index (κ2) is 5.89. The van der Waals surface area contributed by atoms with Crippen molar-refractivity contribution in [3.8, 4) is 0 Å². The molecule has 1 aromatic rings. The summed E-state index contributed by atoms with van der Waals surface area (Å²) in [7, 11) is 0. The Morgan fingerprint density at radius 2 is 2.53 bits per heavy atom. The molecule has 1 aliphatic rings. The van der Waals surface area contributed by atoms with E-state index in [0.29, 0.717) is 13.0 Å². The molecule has 1 amide bonds. The zero-order chi connectivity index (χ0) is 12.3. The van der Waals surface area contributed by atoms with Crippen LogP contribution in [-0.4, -0.2) is 29.4 Å². The summed E-state index contributed by atoms with van der Waals surface area (Å²) < 4.78 is 0. The Labute approximate surface area is 110 Å². The first-order valence-corrected chi connectivity index (χ1v) is 7.75. The molecule has 0 fully saturated rings. The van der Waals surface area contributed by atoms with Crippen LogP contribution in [-0.2, 0) is 11.2 Å². The highest BCUT2D eigenvalue weighted by Crippen LogP contribution is 2.39. The van der Waals surface area contributed by atoms with Crippen molar-refractivity contribution in [3.05, 3.63) is 21.9 Å². The molecule has 2 unspecified atom stereocenters. The molecular weight excluding hydrogens is 254 g/mol. The highest BCUT2D eigenvalue weighted by molar-refractivity contribution is 8.00. The molecule has 0 bridgehead atoms. The van der Waals surface area contributed by atoms with E-state index in [9.17, 15) is 4.79 Å². The van der Waals surface area contributed by atoms with E-state index in [1.165, 1.54) is 10.4 Å². The van der Waals surface area contributed by atoms with Crippen molar-refractivity contribution >= 4 is 29.0 Å². The number of thioether (sulfide) groups is 1. The van der Waals surface area contributed by atoms with Crippen molar-refractivity contribution in [2.24, 2.45) is 0 Å². The van der Waals surface area contributed by atoms with Gasteiger partial charge in [-0.25, -0.2) is 0 Å². The summed E-state index contributed by atoms with van der Waals surface area (Å²) in [6.07, 6.45) is 1.33. The molecule has 0 aromatic carbocycles. The van der Waals surface area contributed by atoms with Crippen LogP contribution in [0.5, 0.6) is 0 Å². The molecule has 17 heavy (non-hydrogen) atoms. The van der Waals surface area contributed by atoms with E-state index in [0.717, 1.165) is 12.2 Å². The molecule has 0 radical (unpaired) electrons. The first-order chi connectivity index (χ1) is 8.18. The predicted molar refractivity (Wildman–Crippen MR) is 72.5 cm³/mol. The normalized spacial score (nSPS) is 20.7. The van der Waals surface area contributed by atoms with Crippen LogP contribution in [0.2, 0.25) is 0 Å². The molecule has 1 aliphatic heterocycles. The third kappa shape index (κ3) is 3.24. The zero-order valence-electron chi connectivity index (χ0n) is 9.81. The summed E-state index contributed by atoms with van der Waals surface area (Å²) in [4.78, 5) is 13.4. The van der Waals surface area contributed by atoms with Crippen LogP contribution in [0.1, 0.15) is 29.0 Å². The Kier molecular flexibility index (Phi) is 4.48. The van der Waals surface area contributed by atoms with Gasteiger partial charge >= 0.3 is 0 Å². The Morgan fingerprint density at radius 1 is 1.71 bits per heavy atom. The molecule has 0 spiro atoms. The van der Waals surface area contributed by atoms with Crippen molar-refractivity contribution in [2.75, 3.05) is 12.3 Å². The van der Waals surface area contributed by atoms with Crippen LogP contribution >= 0.6 is 23.1 Å². The molecule has 94 valence electrons. The van der Waals surface area contributed by atoms with Gasteiger partial charge in [0.1, 0.15) is 5.25 Å². The maximum absolute atomic E-state index is 12.0. The van der Waals surface area contributed by atoms with E-state index in [1.54, 1.807) is 30.0 Å². The first kappa shape index (κ1) is 12.9. The van der Waals surface area contributed by atoms with Crippen LogP contribution < -0.4 is 5.32 Å². The van der Waals surface area contributed by atoms with Crippen LogP contribution in [0.25, 0.3) is 0 Å². The number of carbonyl (C=O) groups is 1. The number of rotatable bonds is 4. The fourth-order valence-electron chi connectivity index (χ4n) is 1.86. The lowest BCUT2D eigenvalue weighted by Gasteiger charge is -2.21. The van der Waals surface area contributed by atoms with Gasteiger partial charge in [0.05, 0.1) is 6.10 Å². The van der Waals surface area contributed by atoms with Gasteiger partial charge in [0, 0.05) is 11.4 Å². The second-order valence-electron chi connectivity index (χ2n) is 4.23. The number of nitrogens with one attached hydrogen (secondary N) is 1. The zero-order valence-corrected chi connectivity index (χ0v) is 11.4. The van der Waals surface area contributed by atoms with E-state index in [2.05, 4.69) is 16.8 Å². The van der Waals surface area contributed by atoms with Gasteiger partial charge in [-0.2, -0.15) is 0 Å². The minimum Gasteiger partial charge on any atom is -0.393 e. The van der Waals surface area contributed by atoms with Crippen LogP contribution in [0, 0.1) is 0 Å². The third-order valence-corrected chi connectivity index (χ3v) is 5.01. The van der Waals surface area contributed by atoms with Gasteiger partial charge in [-0.1, -0.05) is 0 Å². The number of carbonyl (C=O) groups excluding carboxylic acids is 1. The lowest BCUT2D eigenvalue weighted by molar-refractivity contribution is -0.120. The molecule has 0 aliphatic carbocycles. The highest BCUT2D eigenvalue weighted by atomic mass is 32.2. The van der Waals surface area contributed by atoms with Gasteiger partial charge in [0.2, 0.25) is 5.91 Å². The van der Waals surface area contributed by atoms with Gasteiger partial charge in [0.25, 0.3) is 0 Å². The highest BCUT2D eigenvalue weighted by Gasteiger charge is 2.27. The average molecular weight is 271 g/mol. The monoisotopic (exact) mass is 271 g/mol. The summed E-state index contributed by atoms with van der Waals surface area (Å²) in [6, 6.07) is 2.06. The summed E-state index contributed by atoms with van der Waals surface area (Å²) >= 11 is 3.45. The van der Waals surface area contributed by atoms with Crippen molar-refractivity contribution in [1.29, 1.82) is 0 Å². The van der Waals surface area contributed by atoms with Gasteiger partial charge in [-0.3, -0.25) is 4.79 Å². The predicted octanol–water partition coefficient (Wildman–Crippen LogP) is 1.97. The number of fused-ring (bicyclic) bond motifs is 1. The molecule has 2 heterocycles. The fraction of sp³-hybridized carbons (Fsp3) is 0.583. The number of amides is 1. The molecule has 5 heteroatoms. The largest absolute Gasteiger partial charge is 0.393 e. The number of thiophene rings is 1. The molecule has 1 aromatic heterocycles. The Bertz CT molecular complexity index is 390. The van der Waals surface area contributed by atoms with Crippen molar-refractivity contribution in [1.82, 2.24) is 5.32 Å². The molecule has 3 nitrogen and oxygen atoms in total. The average Bonchev–Trinajstić information content (AvgIpc) is 2.75. The Morgan fingerprint density at radius 3 is 3.29 bits per heavy atom. The fourth-order valence-corrected chi connectivity index (χ4v) is 4.18. The lowest BCUT2D eigenvalue weighted by atomic mass is 10.1. The first-order valence-electron chi connectivity index (χ1n) is 5.82. The summed E-state index contributed by atoms with van der Waals surface area (Å²) in [6.45, 7) is 2.28.